The summed E-state index contributed by atoms with van der Waals surface area (Å²) in [6.07, 6.45) is -14.0. The Labute approximate surface area is 115 Å². The molecular weight excluding hydrogens is 308 g/mol. The number of hydrogen-bond acceptors (Lipinski definition) is 3. The Morgan fingerprint density at radius 3 is 2.25 bits per heavy atom. The summed E-state index contributed by atoms with van der Waals surface area (Å²) in [5, 5.41) is 6.53. The van der Waals surface area contributed by atoms with Gasteiger partial charge in [-0.25, -0.2) is 0 Å². The number of hydrogen-bond donors (Lipinski definition) is 1. The van der Waals surface area contributed by atoms with Gasteiger partial charge >= 0.3 is 12.4 Å². The first kappa shape index (κ1) is 17.3. The van der Waals surface area contributed by atoms with Crippen molar-refractivity contribution in [3.8, 4) is 0 Å². The van der Waals surface area contributed by atoms with E-state index in [1.165, 1.54) is 11.3 Å². The lowest BCUT2D eigenvalue weighted by Gasteiger charge is -2.23. The van der Waals surface area contributed by atoms with Crippen molar-refractivity contribution in [3.05, 3.63) is 22.4 Å². The van der Waals surface area contributed by atoms with E-state index in [4.69, 9.17) is 0 Å². The van der Waals surface area contributed by atoms with Gasteiger partial charge in [0, 0.05) is 6.54 Å². The fraction of sp³-hybridized carbons (Fsp3) is 0.636. The topological polar surface area (TPSA) is 21.3 Å². The zero-order chi connectivity index (χ0) is 15.2. The normalized spacial score (nSPS) is 13.2. The molecule has 1 aromatic rings. The monoisotopic (exact) mass is 321 g/mol. The van der Waals surface area contributed by atoms with Crippen molar-refractivity contribution < 1.29 is 31.1 Å². The highest BCUT2D eigenvalue weighted by atomic mass is 32.1. The van der Waals surface area contributed by atoms with Gasteiger partial charge in [0.25, 0.3) is 0 Å². The van der Waals surface area contributed by atoms with E-state index >= 15 is 0 Å². The summed E-state index contributed by atoms with van der Waals surface area (Å²) >= 11 is 1.51. The Hall–Kier alpha value is -0.800. The molecule has 0 aromatic carbocycles. The highest BCUT2D eigenvalue weighted by Crippen LogP contribution is 2.35. The lowest BCUT2D eigenvalue weighted by Crippen LogP contribution is -2.45. The van der Waals surface area contributed by atoms with Crippen LogP contribution in [0.5, 0.6) is 0 Å². The minimum atomic E-state index is -5.45. The van der Waals surface area contributed by atoms with Crippen molar-refractivity contribution >= 4 is 11.3 Å². The van der Waals surface area contributed by atoms with Gasteiger partial charge in [-0.2, -0.15) is 37.7 Å². The second-order valence-electron chi connectivity index (χ2n) is 3.97. The van der Waals surface area contributed by atoms with Crippen LogP contribution < -0.4 is 5.32 Å². The van der Waals surface area contributed by atoms with Crippen LogP contribution in [-0.4, -0.2) is 38.2 Å². The molecule has 0 saturated carbocycles. The van der Waals surface area contributed by atoms with Crippen LogP contribution >= 0.6 is 11.3 Å². The molecule has 1 rings (SSSR count). The molecule has 0 aliphatic heterocycles. The van der Waals surface area contributed by atoms with Gasteiger partial charge in [-0.15, -0.1) is 0 Å². The van der Waals surface area contributed by atoms with Gasteiger partial charge in [0.1, 0.15) is 0 Å². The molecule has 0 spiro atoms. The van der Waals surface area contributed by atoms with Gasteiger partial charge in [0.2, 0.25) is 6.10 Å². The summed E-state index contributed by atoms with van der Waals surface area (Å²) in [6, 6.07) is 1.90. The molecule has 0 unspecified atom stereocenters. The molecule has 9 heteroatoms. The summed E-state index contributed by atoms with van der Waals surface area (Å²) in [5.74, 6) is 0. The fourth-order valence-corrected chi connectivity index (χ4v) is 2.12. The van der Waals surface area contributed by atoms with Crippen LogP contribution in [0, 0.1) is 0 Å². The van der Waals surface area contributed by atoms with Crippen molar-refractivity contribution in [2.75, 3.05) is 19.7 Å². The van der Waals surface area contributed by atoms with Gasteiger partial charge in [-0.05, 0) is 35.4 Å². The molecule has 20 heavy (non-hydrogen) atoms. The predicted molar refractivity (Wildman–Crippen MR) is 62.7 cm³/mol. The van der Waals surface area contributed by atoms with E-state index in [0.717, 1.165) is 5.56 Å². The molecule has 0 saturated heterocycles. The number of alkyl halides is 6. The quantitative estimate of drug-likeness (QED) is 0.614. The van der Waals surface area contributed by atoms with E-state index in [-0.39, 0.29) is 6.54 Å². The third-order valence-electron chi connectivity index (χ3n) is 2.33. The summed E-state index contributed by atoms with van der Waals surface area (Å²) in [5.41, 5.74) is 1.06. The second kappa shape index (κ2) is 7.28. The van der Waals surface area contributed by atoms with E-state index in [9.17, 15) is 26.3 Å². The van der Waals surface area contributed by atoms with Crippen molar-refractivity contribution in [1.29, 1.82) is 0 Å². The Morgan fingerprint density at radius 2 is 1.75 bits per heavy atom. The molecule has 116 valence electrons. The molecule has 0 fully saturated rings. The molecular formula is C11H13F6NOS. The predicted octanol–water partition coefficient (Wildman–Crippen LogP) is 3.39. The maximum atomic E-state index is 12.1. The SMILES string of the molecule is FC(F)(F)C(OCCNCCc1ccsc1)C(F)(F)F. The van der Waals surface area contributed by atoms with Gasteiger partial charge in [0.05, 0.1) is 6.61 Å². The molecule has 0 aliphatic rings. The van der Waals surface area contributed by atoms with Crippen molar-refractivity contribution in [3.63, 3.8) is 0 Å². The maximum absolute atomic E-state index is 12.1. The van der Waals surface area contributed by atoms with Crippen molar-refractivity contribution in [1.82, 2.24) is 5.32 Å². The third-order valence-corrected chi connectivity index (χ3v) is 3.06. The highest BCUT2D eigenvalue weighted by Gasteiger charge is 2.57. The standard InChI is InChI=1S/C11H13F6NOS/c12-10(13,14)9(11(15,16)17)19-5-4-18-3-1-8-2-6-20-7-8/h2,6-7,9,18H,1,3-5H2. The summed E-state index contributed by atoms with van der Waals surface area (Å²) in [4.78, 5) is 0. The Balaban J connectivity index is 2.21. The first-order chi connectivity index (χ1) is 9.21. The van der Waals surface area contributed by atoms with Crippen LogP contribution in [0.15, 0.2) is 16.8 Å². The maximum Gasteiger partial charge on any atom is 0.423 e. The highest BCUT2D eigenvalue weighted by molar-refractivity contribution is 7.07. The third kappa shape index (κ3) is 6.10. The zero-order valence-corrected chi connectivity index (χ0v) is 11.0. The van der Waals surface area contributed by atoms with E-state index in [2.05, 4.69) is 10.1 Å². The van der Waals surface area contributed by atoms with Crippen LogP contribution in [-0.2, 0) is 11.2 Å². The van der Waals surface area contributed by atoms with Gasteiger partial charge in [-0.1, -0.05) is 0 Å². The Morgan fingerprint density at radius 1 is 1.10 bits per heavy atom. The summed E-state index contributed by atoms with van der Waals surface area (Å²) in [6.45, 7) is -0.275. The van der Waals surface area contributed by atoms with Gasteiger partial charge in [0.15, 0.2) is 0 Å². The summed E-state index contributed by atoms with van der Waals surface area (Å²) in [7, 11) is 0. The van der Waals surface area contributed by atoms with E-state index < -0.39 is 25.1 Å². The van der Waals surface area contributed by atoms with Crippen molar-refractivity contribution in [2.45, 2.75) is 24.9 Å². The number of nitrogens with one attached hydrogen (secondary N) is 1. The van der Waals surface area contributed by atoms with Gasteiger partial charge in [-0.3, -0.25) is 0 Å². The van der Waals surface area contributed by atoms with Crippen molar-refractivity contribution in [2.24, 2.45) is 0 Å². The van der Waals surface area contributed by atoms with Crippen LogP contribution in [0.2, 0.25) is 0 Å². The zero-order valence-electron chi connectivity index (χ0n) is 10.2. The lowest BCUT2D eigenvalue weighted by molar-refractivity contribution is -0.321. The van der Waals surface area contributed by atoms with E-state index in [1.807, 2.05) is 16.8 Å². The first-order valence-corrected chi connectivity index (χ1v) is 6.62. The fourth-order valence-electron chi connectivity index (χ4n) is 1.42. The Kier molecular flexibility index (Phi) is 6.28. The average Bonchev–Trinajstić information content (AvgIpc) is 2.77. The van der Waals surface area contributed by atoms with Crippen LogP contribution in [0.4, 0.5) is 26.3 Å². The van der Waals surface area contributed by atoms with E-state index in [1.54, 1.807) is 0 Å². The molecule has 1 N–H and O–H groups in total. The first-order valence-electron chi connectivity index (χ1n) is 5.68. The number of halogens is 6. The molecule has 1 heterocycles. The largest absolute Gasteiger partial charge is 0.423 e. The minimum absolute atomic E-state index is 0.0766. The smallest absolute Gasteiger partial charge is 0.360 e. The number of thiophene rings is 1. The van der Waals surface area contributed by atoms with Crippen LogP contribution in [0.25, 0.3) is 0 Å². The number of rotatable bonds is 7. The van der Waals surface area contributed by atoms with Gasteiger partial charge < -0.3 is 10.1 Å². The lowest BCUT2D eigenvalue weighted by atomic mass is 10.2. The molecule has 1 aromatic heterocycles. The van der Waals surface area contributed by atoms with E-state index in [0.29, 0.717) is 13.0 Å². The van der Waals surface area contributed by atoms with Crippen LogP contribution in [0.1, 0.15) is 5.56 Å². The molecule has 2 nitrogen and oxygen atoms in total. The molecule has 0 atom stereocenters. The second-order valence-corrected chi connectivity index (χ2v) is 4.75. The minimum Gasteiger partial charge on any atom is -0.360 e. The number of ether oxygens (including phenoxy) is 1. The average molecular weight is 321 g/mol. The molecule has 0 radical (unpaired) electrons. The molecule has 0 bridgehead atoms. The van der Waals surface area contributed by atoms with Crippen LogP contribution in [0.3, 0.4) is 0 Å². The molecule has 0 aliphatic carbocycles. The Bertz CT molecular complexity index is 361. The summed E-state index contributed by atoms with van der Waals surface area (Å²) < 4.78 is 76.6. The molecule has 0 amide bonds.